The highest BCUT2D eigenvalue weighted by Gasteiger charge is 2.43. The maximum Gasteiger partial charge on any atom is 0.181 e. The molecule has 0 aliphatic heterocycles. The normalized spacial score (nSPS) is 11.8. The molecule has 0 radical (unpaired) electrons. The van der Waals surface area contributed by atoms with Crippen LogP contribution < -0.4 is 20.7 Å². The molecule has 0 aliphatic rings. The Labute approximate surface area is 368 Å². The fourth-order valence-electron chi connectivity index (χ4n) is 10.3. The van der Waals surface area contributed by atoms with Crippen molar-refractivity contribution in [1.29, 1.82) is 0 Å². The van der Waals surface area contributed by atoms with E-state index in [4.69, 9.17) is 0 Å². The zero-order valence-electron chi connectivity index (χ0n) is 34.6. The van der Waals surface area contributed by atoms with E-state index < -0.39 is 8.07 Å². The van der Waals surface area contributed by atoms with Crippen molar-refractivity contribution in [2.75, 3.05) is 0 Å². The van der Waals surface area contributed by atoms with Crippen molar-refractivity contribution >= 4 is 72.4 Å². The summed E-state index contributed by atoms with van der Waals surface area (Å²) in [5.41, 5.74) is 11.9. The predicted molar refractivity (Wildman–Crippen MR) is 270 cm³/mol. The lowest BCUT2D eigenvalue weighted by Crippen LogP contribution is -2.75. The number of hydrogen-bond acceptors (Lipinski definition) is 0. The van der Waals surface area contributed by atoms with Gasteiger partial charge in [0.1, 0.15) is 0 Å². The molecule has 0 unspecified atom stereocenters. The topological polar surface area (TPSA) is 9.86 Å². The molecule has 12 rings (SSSR count). The first-order valence-electron chi connectivity index (χ1n) is 21.8. The van der Waals surface area contributed by atoms with Crippen molar-refractivity contribution in [2.24, 2.45) is 0 Å². The summed E-state index contributed by atoms with van der Waals surface area (Å²) >= 11 is 0. The highest BCUT2D eigenvalue weighted by Crippen LogP contribution is 2.39. The number of aromatic nitrogens is 2. The third-order valence-corrected chi connectivity index (χ3v) is 17.9. The molecule has 12 aromatic rings. The molecule has 10 aromatic carbocycles. The zero-order valence-corrected chi connectivity index (χ0v) is 35.6. The molecule has 2 nitrogen and oxygen atoms in total. The highest BCUT2D eigenvalue weighted by molar-refractivity contribution is 7.20. The smallest absolute Gasteiger partial charge is 0.181 e. The van der Waals surface area contributed by atoms with Crippen LogP contribution in [-0.2, 0) is 0 Å². The largest absolute Gasteiger partial charge is 0.309 e. The summed E-state index contributed by atoms with van der Waals surface area (Å²) in [6.45, 7) is 0. The summed E-state index contributed by atoms with van der Waals surface area (Å²) in [4.78, 5) is 0. The van der Waals surface area contributed by atoms with Gasteiger partial charge in [0, 0.05) is 32.9 Å². The number of fused-ring (bicyclic) bond motifs is 6. The minimum absolute atomic E-state index is 1.13. The molecule has 0 aliphatic carbocycles. The van der Waals surface area contributed by atoms with Gasteiger partial charge in [-0.05, 0) is 85.5 Å². The van der Waals surface area contributed by atoms with Crippen LogP contribution in [0.1, 0.15) is 0 Å². The van der Waals surface area contributed by atoms with Crippen LogP contribution in [0.5, 0.6) is 0 Å². The Bertz CT molecular complexity index is 3480. The molecule has 0 saturated heterocycles. The maximum atomic E-state index is 2.57. The molecule has 0 N–H and O–H groups in total. The first-order valence-corrected chi connectivity index (χ1v) is 23.8. The number of rotatable bonds is 8. The van der Waals surface area contributed by atoms with Crippen LogP contribution >= 0.6 is 0 Å². The fraction of sp³-hybridized carbons (Fsp3) is 0. The van der Waals surface area contributed by atoms with Crippen molar-refractivity contribution in [3.05, 3.63) is 255 Å². The monoisotopic (exact) mass is 818 g/mol. The van der Waals surface area contributed by atoms with Crippen molar-refractivity contribution < 1.29 is 0 Å². The number of para-hydroxylation sites is 2. The molecule has 0 atom stereocenters. The van der Waals surface area contributed by atoms with Crippen LogP contribution in [0, 0.1) is 0 Å². The summed E-state index contributed by atoms with van der Waals surface area (Å²) in [6, 6.07) is 94.4. The van der Waals surface area contributed by atoms with E-state index in [1.165, 1.54) is 86.6 Å². The second-order valence-electron chi connectivity index (χ2n) is 16.5. The molecule has 0 bridgehead atoms. The standard InChI is InChI=1S/C60H42N2Si/c1-6-19-43(20-7-1)45-33-36-47(37-34-45)61-56-31-17-16-29-52(56)53-39-38-48(42-58(53)61)62-57-40-35-46(44-21-8-2-9-22-44)41-55(57)54-30-18-32-59(60(54)62)63(49-23-10-3-11-24-49,50-25-12-4-13-26-50)51-27-14-5-15-28-51/h1-42H. The van der Waals surface area contributed by atoms with Crippen LogP contribution in [0.4, 0.5) is 0 Å². The summed E-state index contributed by atoms with van der Waals surface area (Å²) in [5, 5.41) is 10.4. The summed E-state index contributed by atoms with van der Waals surface area (Å²) in [6.07, 6.45) is 0. The highest BCUT2D eigenvalue weighted by atomic mass is 28.3. The molecule has 0 amide bonds. The van der Waals surface area contributed by atoms with E-state index in [9.17, 15) is 0 Å². The van der Waals surface area contributed by atoms with Gasteiger partial charge in [-0.3, -0.25) is 0 Å². The molecule has 2 aromatic heterocycles. The second-order valence-corrected chi connectivity index (χ2v) is 20.2. The molecule has 0 saturated carbocycles. The quantitative estimate of drug-likeness (QED) is 0.107. The molecule has 63 heavy (non-hydrogen) atoms. The Morgan fingerprint density at radius 1 is 0.254 bits per heavy atom. The third kappa shape index (κ3) is 5.93. The summed E-state index contributed by atoms with van der Waals surface area (Å²) < 4.78 is 5.02. The molecule has 0 fully saturated rings. The van der Waals surface area contributed by atoms with E-state index in [1.807, 2.05) is 0 Å². The van der Waals surface area contributed by atoms with E-state index >= 15 is 0 Å². The average Bonchev–Trinajstić information content (AvgIpc) is 3.88. The van der Waals surface area contributed by atoms with Crippen LogP contribution in [0.2, 0.25) is 0 Å². The van der Waals surface area contributed by atoms with Gasteiger partial charge in [-0.1, -0.05) is 212 Å². The van der Waals surface area contributed by atoms with Crippen molar-refractivity contribution in [2.45, 2.75) is 0 Å². The van der Waals surface area contributed by atoms with Crippen LogP contribution in [-0.4, -0.2) is 17.2 Å². The van der Waals surface area contributed by atoms with Gasteiger partial charge in [0.2, 0.25) is 0 Å². The maximum absolute atomic E-state index is 2.97. The van der Waals surface area contributed by atoms with Crippen molar-refractivity contribution in [3.8, 4) is 33.6 Å². The number of benzene rings is 10. The van der Waals surface area contributed by atoms with E-state index in [0.29, 0.717) is 0 Å². The van der Waals surface area contributed by atoms with E-state index in [-0.39, 0.29) is 0 Å². The van der Waals surface area contributed by atoms with Crippen LogP contribution in [0.3, 0.4) is 0 Å². The van der Waals surface area contributed by atoms with Crippen molar-refractivity contribution in [1.82, 2.24) is 9.13 Å². The van der Waals surface area contributed by atoms with Gasteiger partial charge in [0.15, 0.2) is 8.07 Å². The molecular formula is C60H42N2Si. The minimum atomic E-state index is -2.97. The Morgan fingerprint density at radius 3 is 1.33 bits per heavy atom. The average molecular weight is 819 g/mol. The Balaban J connectivity index is 1.19. The van der Waals surface area contributed by atoms with E-state index in [2.05, 4.69) is 264 Å². The lowest BCUT2D eigenvalue weighted by Gasteiger charge is -2.35. The third-order valence-electron chi connectivity index (χ3n) is 13.1. The molecule has 0 spiro atoms. The van der Waals surface area contributed by atoms with E-state index in [0.717, 1.165) is 11.4 Å². The minimum Gasteiger partial charge on any atom is -0.309 e. The van der Waals surface area contributed by atoms with Gasteiger partial charge in [0.05, 0.1) is 22.1 Å². The Kier molecular flexibility index (Phi) is 8.87. The van der Waals surface area contributed by atoms with Gasteiger partial charge in [0.25, 0.3) is 0 Å². The first kappa shape index (κ1) is 36.8. The van der Waals surface area contributed by atoms with Gasteiger partial charge < -0.3 is 9.13 Å². The molecule has 296 valence electrons. The summed E-state index contributed by atoms with van der Waals surface area (Å²) in [5.74, 6) is 0. The Morgan fingerprint density at radius 2 is 0.714 bits per heavy atom. The van der Waals surface area contributed by atoms with Crippen LogP contribution in [0.15, 0.2) is 255 Å². The van der Waals surface area contributed by atoms with Gasteiger partial charge >= 0.3 is 0 Å². The lowest BCUT2D eigenvalue weighted by atomic mass is 10.0. The second kappa shape index (κ2) is 15.2. The summed E-state index contributed by atoms with van der Waals surface area (Å²) in [7, 11) is -2.97. The van der Waals surface area contributed by atoms with Crippen molar-refractivity contribution in [3.63, 3.8) is 0 Å². The van der Waals surface area contributed by atoms with Crippen LogP contribution in [0.25, 0.3) is 77.2 Å². The lowest BCUT2D eigenvalue weighted by molar-refractivity contribution is 1.16. The fourth-order valence-corrected chi connectivity index (χ4v) is 15.2. The van der Waals surface area contributed by atoms with E-state index in [1.54, 1.807) is 0 Å². The SMILES string of the molecule is c1ccc(-c2ccc(-n3c4ccccc4c4ccc(-n5c6ccc(-c7ccccc7)cc6c6cccc([Si](c7ccccc7)(c7ccccc7)c7ccccc7)c65)cc43)cc2)cc1. The zero-order chi connectivity index (χ0) is 41.7. The number of nitrogens with zero attached hydrogens (tertiary/aromatic N) is 2. The van der Waals surface area contributed by atoms with Gasteiger partial charge in [-0.25, -0.2) is 0 Å². The Hall–Kier alpha value is -7.98. The van der Waals surface area contributed by atoms with Gasteiger partial charge in [-0.15, -0.1) is 0 Å². The first-order chi connectivity index (χ1) is 31.3. The van der Waals surface area contributed by atoms with Gasteiger partial charge in [-0.2, -0.15) is 0 Å². The predicted octanol–water partition coefficient (Wildman–Crippen LogP) is 12.6. The molecule has 2 heterocycles. The molecule has 3 heteroatoms. The molecular weight excluding hydrogens is 777 g/mol. The number of hydrogen-bond donors (Lipinski definition) is 0.